The molecular weight excluding hydrogens is 626 g/mol. The van der Waals surface area contributed by atoms with Crippen LogP contribution in [0.5, 0.6) is 0 Å². The number of halogens is 8. The molecule has 2 aromatic carbocycles. The molecule has 2 aromatic rings. The lowest BCUT2D eigenvalue weighted by molar-refractivity contribution is -0.348. The normalized spacial score (nSPS) is 26.2. The molecule has 2 atom stereocenters. The first kappa shape index (κ1) is 32.2. The van der Waals surface area contributed by atoms with Crippen LogP contribution in [0.2, 0.25) is 0 Å². The van der Waals surface area contributed by atoms with Gasteiger partial charge in [-0.15, -0.1) is 0 Å². The van der Waals surface area contributed by atoms with Crippen LogP contribution in [0.15, 0.2) is 47.4 Å². The molecule has 0 radical (unpaired) electrons. The Bertz CT molecular complexity index is 1550. The molecule has 1 amide bonds. The highest BCUT2D eigenvalue weighted by atomic mass is 32.2. The summed E-state index contributed by atoms with van der Waals surface area (Å²) in [4.78, 5) is 26.1. The van der Waals surface area contributed by atoms with Crippen molar-refractivity contribution in [1.29, 1.82) is 0 Å². The number of likely N-dealkylation sites (tertiary alicyclic amines) is 1. The van der Waals surface area contributed by atoms with Gasteiger partial charge in [-0.2, -0.15) is 26.3 Å². The number of aryl methyl sites for hydroxylation is 1. The van der Waals surface area contributed by atoms with Crippen molar-refractivity contribution < 1.29 is 58.2 Å². The quantitative estimate of drug-likeness (QED) is 0.306. The average Bonchev–Trinajstić information content (AvgIpc) is 3.37. The summed E-state index contributed by atoms with van der Waals surface area (Å²) in [6.45, 7) is -0.123. The minimum absolute atomic E-state index is 0.123. The number of amides is 1. The number of fused-ring (bicyclic) bond motifs is 3. The number of hydrogen-bond donors (Lipinski definition) is 1. The second kappa shape index (κ2) is 10.7. The van der Waals surface area contributed by atoms with E-state index in [0.29, 0.717) is 6.07 Å². The van der Waals surface area contributed by atoms with E-state index in [4.69, 9.17) is 0 Å². The van der Waals surface area contributed by atoms with Gasteiger partial charge in [0.25, 0.3) is 0 Å². The summed E-state index contributed by atoms with van der Waals surface area (Å²) in [5.74, 6) is -3.40. The van der Waals surface area contributed by atoms with E-state index in [1.54, 1.807) is 0 Å². The zero-order valence-electron chi connectivity index (χ0n) is 22.9. The molecule has 3 aliphatic rings. The first-order chi connectivity index (χ1) is 20.4. The highest BCUT2D eigenvalue weighted by molar-refractivity contribution is 7.92. The van der Waals surface area contributed by atoms with E-state index in [1.165, 1.54) is 4.90 Å². The molecule has 5 rings (SSSR count). The largest absolute Gasteiger partial charge is 0.481 e. The maximum atomic E-state index is 15.0. The van der Waals surface area contributed by atoms with Crippen LogP contribution in [0.4, 0.5) is 35.1 Å². The first-order valence-corrected chi connectivity index (χ1v) is 15.3. The number of carbonyl (C=O) groups is 2. The van der Waals surface area contributed by atoms with Gasteiger partial charge in [-0.05, 0) is 80.3 Å². The Morgan fingerprint density at radius 3 is 1.95 bits per heavy atom. The highest BCUT2D eigenvalue weighted by Crippen LogP contribution is 2.57. The predicted molar refractivity (Wildman–Crippen MR) is 138 cm³/mol. The van der Waals surface area contributed by atoms with Gasteiger partial charge in [-0.1, -0.05) is 18.2 Å². The van der Waals surface area contributed by atoms with Crippen molar-refractivity contribution in [2.24, 2.45) is 11.8 Å². The van der Waals surface area contributed by atoms with E-state index in [9.17, 15) is 58.2 Å². The molecule has 2 fully saturated rings. The van der Waals surface area contributed by atoms with Gasteiger partial charge in [0.1, 0.15) is 10.6 Å². The minimum Gasteiger partial charge on any atom is -0.481 e. The number of aliphatic carboxylic acids is 1. The van der Waals surface area contributed by atoms with E-state index in [2.05, 4.69) is 0 Å². The van der Waals surface area contributed by atoms with Gasteiger partial charge < -0.3 is 10.0 Å². The fraction of sp³-hybridized carbons (Fsp3) is 0.517. The Morgan fingerprint density at radius 1 is 0.841 bits per heavy atom. The van der Waals surface area contributed by atoms with Gasteiger partial charge in [0.15, 0.2) is 9.84 Å². The Labute approximate surface area is 247 Å². The third-order valence-electron chi connectivity index (χ3n) is 9.38. The first-order valence-electron chi connectivity index (χ1n) is 13.9. The lowest BCUT2D eigenvalue weighted by atomic mass is 9.76. The lowest BCUT2D eigenvalue weighted by Crippen LogP contribution is -2.53. The molecule has 0 unspecified atom stereocenters. The summed E-state index contributed by atoms with van der Waals surface area (Å²) in [6, 6.07) is 4.07. The Balaban J connectivity index is 1.62. The third kappa shape index (κ3) is 4.76. The number of sulfone groups is 1. The minimum atomic E-state index is -6.37. The topological polar surface area (TPSA) is 91.8 Å². The molecule has 6 nitrogen and oxygen atoms in total. The van der Waals surface area contributed by atoms with Gasteiger partial charge in [-0.3, -0.25) is 9.59 Å². The van der Waals surface area contributed by atoms with Gasteiger partial charge in [0, 0.05) is 18.0 Å². The third-order valence-corrected chi connectivity index (χ3v) is 11.9. The predicted octanol–water partition coefficient (Wildman–Crippen LogP) is 6.22. The van der Waals surface area contributed by atoms with Crippen LogP contribution in [-0.4, -0.2) is 55.2 Å². The van der Waals surface area contributed by atoms with Crippen LogP contribution in [0.3, 0.4) is 0 Å². The van der Waals surface area contributed by atoms with Crippen LogP contribution in [0, 0.1) is 17.7 Å². The molecule has 240 valence electrons. The molecule has 2 aliphatic carbocycles. The molecular formula is C29H27F8NO5S. The summed E-state index contributed by atoms with van der Waals surface area (Å²) in [7, 11) is -4.59. The molecule has 1 saturated carbocycles. The second-order valence-corrected chi connectivity index (χ2v) is 13.8. The smallest absolute Gasteiger partial charge is 0.435 e. The van der Waals surface area contributed by atoms with Crippen molar-refractivity contribution in [2.75, 3.05) is 6.54 Å². The van der Waals surface area contributed by atoms with Crippen molar-refractivity contribution in [1.82, 2.24) is 4.90 Å². The van der Waals surface area contributed by atoms with Crippen molar-refractivity contribution in [2.45, 2.75) is 78.7 Å². The number of hydrogen-bond acceptors (Lipinski definition) is 4. The van der Waals surface area contributed by atoms with Crippen LogP contribution >= 0.6 is 0 Å². The molecule has 15 heteroatoms. The van der Waals surface area contributed by atoms with Gasteiger partial charge in [-0.25, -0.2) is 17.2 Å². The number of nitrogens with zero attached hydrogens (tertiary/aromatic N) is 1. The van der Waals surface area contributed by atoms with Crippen molar-refractivity contribution in [3.63, 3.8) is 0 Å². The Morgan fingerprint density at radius 2 is 1.41 bits per heavy atom. The number of alkyl halides is 7. The van der Waals surface area contributed by atoms with Crippen LogP contribution in [0.25, 0.3) is 0 Å². The van der Waals surface area contributed by atoms with Gasteiger partial charge >= 0.3 is 24.0 Å². The summed E-state index contributed by atoms with van der Waals surface area (Å²) >= 11 is 0. The Hall–Kier alpha value is -3.23. The standard InChI is InChI=1S/C29H27F8NO5S/c30-20-7-9-21(10-8-20)44(42,43)26-13-14-38(24(39)16-1-3-17(4-2-16)25(40)41)23(26)12-5-18-15-19(6-11-22(18)26)27(31,28(32,33)34)29(35,36)37/h6-11,15-17,23H,1-5,12-14H2,(H,40,41)/t16-,17-,23-,26-/m0/s1. The van der Waals surface area contributed by atoms with E-state index in [1.807, 2.05) is 0 Å². The SMILES string of the molecule is O=C(O)[C@H]1CC[C@H](C(=O)N2CC[C@]3(S(=O)(=O)c4ccc(F)cc4)c4ccc(C(F)(C(F)(F)F)C(F)(F)F)cc4CC[C@H]23)CC1. The Kier molecular flexibility index (Phi) is 7.82. The summed E-state index contributed by atoms with van der Waals surface area (Å²) in [5.41, 5.74) is -7.86. The van der Waals surface area contributed by atoms with E-state index in [0.717, 1.165) is 30.3 Å². The average molecular weight is 654 g/mol. The van der Waals surface area contributed by atoms with E-state index >= 15 is 0 Å². The fourth-order valence-corrected chi connectivity index (χ4v) is 9.51. The highest BCUT2D eigenvalue weighted by Gasteiger charge is 2.74. The molecule has 44 heavy (non-hydrogen) atoms. The molecule has 1 heterocycles. The zero-order chi connectivity index (χ0) is 32.5. The van der Waals surface area contributed by atoms with Crippen LogP contribution in [0.1, 0.15) is 55.2 Å². The summed E-state index contributed by atoms with van der Waals surface area (Å²) in [5, 5.41) is 9.30. The van der Waals surface area contributed by atoms with Crippen LogP contribution < -0.4 is 0 Å². The van der Waals surface area contributed by atoms with Gasteiger partial charge in [0.05, 0.1) is 16.9 Å². The van der Waals surface area contributed by atoms with Gasteiger partial charge in [0.2, 0.25) is 5.91 Å². The molecule has 1 saturated heterocycles. The van der Waals surface area contributed by atoms with E-state index in [-0.39, 0.29) is 73.6 Å². The molecule has 1 N–H and O–H groups in total. The molecule has 0 spiro atoms. The monoisotopic (exact) mass is 653 g/mol. The number of benzene rings is 2. The van der Waals surface area contributed by atoms with Crippen molar-refractivity contribution >= 4 is 21.7 Å². The maximum absolute atomic E-state index is 15.0. The zero-order valence-corrected chi connectivity index (χ0v) is 23.7. The number of rotatable bonds is 5. The number of carboxylic acids is 1. The van der Waals surface area contributed by atoms with Crippen molar-refractivity contribution in [3.05, 3.63) is 65.0 Å². The molecule has 0 bridgehead atoms. The second-order valence-electron chi connectivity index (χ2n) is 11.6. The molecule has 0 aromatic heterocycles. The molecule has 1 aliphatic heterocycles. The van der Waals surface area contributed by atoms with Crippen LogP contribution in [-0.2, 0) is 36.3 Å². The lowest BCUT2D eigenvalue weighted by Gasteiger charge is -2.44. The maximum Gasteiger partial charge on any atom is 0.435 e. The number of carboxylic acid groups (broad SMARTS) is 1. The van der Waals surface area contributed by atoms with Crippen molar-refractivity contribution in [3.8, 4) is 0 Å². The summed E-state index contributed by atoms with van der Waals surface area (Å²) in [6.07, 6.45) is -12.5. The fourth-order valence-electron chi connectivity index (χ4n) is 7.14. The summed E-state index contributed by atoms with van der Waals surface area (Å²) < 4.78 is 137. The number of carbonyl (C=O) groups excluding carboxylic acids is 1. The van der Waals surface area contributed by atoms with E-state index < -0.39 is 73.7 Å².